The van der Waals surface area contributed by atoms with Gasteiger partial charge >= 0.3 is 23.9 Å². The van der Waals surface area contributed by atoms with E-state index in [1.165, 1.54) is 9.80 Å². The molecule has 121 heavy (non-hydrogen) atoms. The lowest BCUT2D eigenvalue weighted by Gasteiger charge is -2.36. The number of fused-ring (bicyclic) bond motifs is 6. The molecule has 608 valence electrons. The number of nitrogens with two attached hydrogens (primary N) is 1. The van der Waals surface area contributed by atoms with Gasteiger partial charge < -0.3 is 15.2 Å². The van der Waals surface area contributed by atoms with Crippen LogP contribution in [0.25, 0.3) is 129 Å². The maximum atomic E-state index is 13.9. The van der Waals surface area contributed by atoms with E-state index < -0.39 is 23.9 Å². The van der Waals surface area contributed by atoms with Crippen LogP contribution in [0.5, 0.6) is 0 Å². The highest BCUT2D eigenvalue weighted by molar-refractivity contribution is 7.81. The summed E-state index contributed by atoms with van der Waals surface area (Å²) in [4.78, 5) is 140. The molecule has 0 saturated carbocycles. The Bertz CT molecular complexity index is 6160. The third kappa shape index (κ3) is 12.1. The minimum Gasteiger partial charge on any atom is -0.386 e. The summed E-state index contributed by atoms with van der Waals surface area (Å²) >= 11 is 12.0. The molecule has 19 heteroatoms. The van der Waals surface area contributed by atoms with Crippen molar-refractivity contribution in [2.45, 2.75) is 166 Å². The topological polar surface area (TPSA) is 228 Å². The zero-order chi connectivity index (χ0) is 85.7. The number of cyclic esters (lactones) is 4. The summed E-state index contributed by atoms with van der Waals surface area (Å²) < 4.78 is 9.74. The minimum absolute atomic E-state index is 0.0153. The van der Waals surface area contributed by atoms with Crippen LogP contribution in [0.2, 0.25) is 0 Å². The zero-order valence-electron chi connectivity index (χ0n) is 70.2. The van der Waals surface area contributed by atoms with E-state index in [0.717, 1.165) is 157 Å². The summed E-state index contributed by atoms with van der Waals surface area (Å²) in [5.41, 5.74) is 12.3. The van der Waals surface area contributed by atoms with E-state index in [4.69, 9.17) is 39.6 Å². The van der Waals surface area contributed by atoms with E-state index in [9.17, 15) is 47.9 Å². The molecule has 15 aromatic carbocycles. The van der Waals surface area contributed by atoms with Crippen molar-refractivity contribution >= 4 is 223 Å². The van der Waals surface area contributed by atoms with Gasteiger partial charge in [0.1, 0.15) is 9.98 Å². The number of benzene rings is 15. The fourth-order valence-electron chi connectivity index (χ4n) is 21.1. The van der Waals surface area contributed by atoms with Crippen molar-refractivity contribution in [1.82, 2.24) is 19.6 Å². The summed E-state index contributed by atoms with van der Waals surface area (Å²) in [6.45, 7) is 31.5. The van der Waals surface area contributed by atoms with Crippen molar-refractivity contribution in [2.75, 3.05) is 0 Å². The highest BCUT2D eigenvalue weighted by atomic mass is 32.1. The van der Waals surface area contributed by atoms with Crippen molar-refractivity contribution in [2.24, 2.45) is 35.3 Å². The second kappa shape index (κ2) is 29.3. The first-order chi connectivity index (χ1) is 57.7. The summed E-state index contributed by atoms with van der Waals surface area (Å²) in [5.74, 6) is -1.38. The Balaban J connectivity index is 0.000000121. The van der Waals surface area contributed by atoms with Crippen LogP contribution in [0.15, 0.2) is 146 Å². The van der Waals surface area contributed by atoms with Gasteiger partial charge in [0.15, 0.2) is 0 Å². The number of rotatable bonds is 14. The Hall–Kier alpha value is -12.2. The van der Waals surface area contributed by atoms with Gasteiger partial charge in [-0.2, -0.15) is 0 Å². The van der Waals surface area contributed by atoms with Crippen LogP contribution in [-0.2, 0) is 9.47 Å². The van der Waals surface area contributed by atoms with Crippen LogP contribution in [0, 0.1) is 29.6 Å². The van der Waals surface area contributed by atoms with E-state index >= 15 is 0 Å². The lowest BCUT2D eigenvalue weighted by molar-refractivity contribution is 0.0373. The SMILES string of the molecule is CC(C)CC(C)N.CC(C)CC(C)N1C(=O)c2ccc3c4ccc5c6c(ccc(c7ccc(c2c37)C1=O)c64)C(=O)N(C(C)CC(C)C)C5=O.CC(C)CC(C)N1C(=O)c2ccc3c4ccc5c6c(ccc(c7ccc(c2c37)C1=S)c64)C(=O)N(C(C)CC(C)C)C5=S.O=C1OC(=O)c2ccc3c4ccc5c6c(ccc(c7ccc1c2c73)c64)C(=O)OC5=O. The fraction of sp³-hybridized carbons (Fsp3) is 0.294. The molecular weight excluding hydrogens is 1550 g/mol. The van der Waals surface area contributed by atoms with Crippen LogP contribution >= 0.6 is 24.4 Å². The number of ether oxygens (including phenoxy) is 2. The number of nitrogens with zero attached hydrogens (tertiary/aromatic N) is 4. The third-order valence-electron chi connectivity index (χ3n) is 25.4. The van der Waals surface area contributed by atoms with Gasteiger partial charge in [0, 0.05) is 107 Å². The van der Waals surface area contributed by atoms with Crippen molar-refractivity contribution < 1.29 is 57.4 Å². The Morgan fingerprint density at radius 1 is 0.223 bits per heavy atom. The van der Waals surface area contributed by atoms with E-state index in [2.05, 4.69) is 119 Å². The quantitative estimate of drug-likeness (QED) is 0.0267. The highest BCUT2D eigenvalue weighted by Crippen LogP contribution is 2.52. The van der Waals surface area contributed by atoms with Gasteiger partial charge in [-0.05, 0) is 254 Å². The molecule has 0 aliphatic carbocycles. The average Bonchev–Trinajstić information content (AvgIpc) is 0.698. The largest absolute Gasteiger partial charge is 0.386 e. The van der Waals surface area contributed by atoms with Gasteiger partial charge in [0.25, 0.3) is 35.4 Å². The number of amides is 6. The summed E-state index contributed by atoms with van der Waals surface area (Å²) in [5, 5.41) is 21.0. The minimum atomic E-state index is -0.666. The van der Waals surface area contributed by atoms with Crippen molar-refractivity contribution in [3.8, 4) is 0 Å². The van der Waals surface area contributed by atoms with Gasteiger partial charge in [-0.25, -0.2) is 19.2 Å². The van der Waals surface area contributed by atoms with Gasteiger partial charge in [0.05, 0.1) is 22.3 Å². The van der Waals surface area contributed by atoms with Crippen LogP contribution in [-0.4, -0.2) is 119 Å². The Labute approximate surface area is 709 Å². The van der Waals surface area contributed by atoms with E-state index in [1.54, 1.807) is 24.3 Å². The molecule has 0 bridgehead atoms. The van der Waals surface area contributed by atoms with Crippen LogP contribution in [0.1, 0.15) is 251 Å². The molecule has 6 amide bonds. The lowest BCUT2D eigenvalue weighted by Crippen LogP contribution is -2.46. The zero-order valence-corrected chi connectivity index (χ0v) is 71.9. The van der Waals surface area contributed by atoms with Crippen molar-refractivity contribution in [3.05, 3.63) is 212 Å². The molecule has 2 N–H and O–H groups in total. The second-order valence-corrected chi connectivity index (χ2v) is 37.0. The van der Waals surface area contributed by atoms with Crippen LogP contribution in [0.4, 0.5) is 0 Å². The molecule has 6 aliphatic rings. The van der Waals surface area contributed by atoms with E-state index in [0.29, 0.717) is 117 Å². The molecule has 5 unspecified atom stereocenters. The standard InChI is InChI=1S/C36H34N2O4.C36H34N2O2S2.C24H8O6.C6H15N/c1-17(2)15-19(5)37-33(39)25-11-7-21-23-9-13-27-32-28(36(42)38(35(27)41)20(6)16-18(3)4)14-10-24(30(23)32)22-8-12-26(34(37)40)31(25)29(21)22;1-17(2)15-19(5)37-33(39)25-11-7-21-24-10-14-28-32-26(34(40)38(36(28)42)20(6)16-18(3)4)12-8-22(30(24)32)23-9-13-27(35(37)41)31(25)29(21)23;25-21-13-5-1-9-10-2-6-15-20-16(24(28)30-23(15)27)8-4-12(18(10)20)11-3-7-14(22(26)29-21)19(13)17(9)11;1-5(2)4-6(3)7/h2*7-14,17-20H,15-16H2,1-6H3;1-8H;5-6H,4,7H2,1-3H3. The first kappa shape index (κ1) is 79.9. The first-order valence-electron chi connectivity index (χ1n) is 42.1. The average molecular weight is 1640 g/mol. The molecule has 21 rings (SSSR count). The lowest BCUT2D eigenvalue weighted by atomic mass is 9.82. The number of hydrogen-bond donors (Lipinski definition) is 1. The van der Waals surface area contributed by atoms with Gasteiger partial charge in [-0.1, -0.05) is 179 Å². The van der Waals surface area contributed by atoms with Crippen molar-refractivity contribution in [1.29, 1.82) is 0 Å². The molecular formula is C102H91N5O12S2. The molecule has 0 saturated heterocycles. The first-order valence-corrected chi connectivity index (χ1v) is 42.9. The Morgan fingerprint density at radius 2 is 0.380 bits per heavy atom. The molecule has 17 nitrogen and oxygen atoms in total. The number of imide groups is 2. The monoisotopic (exact) mass is 1640 g/mol. The maximum absolute atomic E-state index is 13.9. The molecule has 0 aromatic heterocycles. The number of esters is 4. The van der Waals surface area contributed by atoms with Crippen LogP contribution in [0.3, 0.4) is 0 Å². The molecule has 6 heterocycles. The smallest absolute Gasteiger partial charge is 0.346 e. The Morgan fingerprint density at radius 3 is 0.562 bits per heavy atom. The van der Waals surface area contributed by atoms with Crippen LogP contribution < -0.4 is 5.73 Å². The van der Waals surface area contributed by atoms with Crippen molar-refractivity contribution in [3.63, 3.8) is 0 Å². The second-order valence-electron chi connectivity index (χ2n) is 36.2. The number of thiocarbonyl (C=S) groups is 2. The van der Waals surface area contributed by atoms with Gasteiger partial charge in [0.2, 0.25) is 0 Å². The molecule has 5 atom stereocenters. The normalized spacial score (nSPS) is 16.4. The molecule has 0 radical (unpaired) electrons. The summed E-state index contributed by atoms with van der Waals surface area (Å²) in [6, 6.07) is 45.6. The highest BCUT2D eigenvalue weighted by Gasteiger charge is 2.43. The number of carbonyl (C=O) groups is 10. The van der Waals surface area contributed by atoms with E-state index in [-0.39, 0.29) is 59.6 Å². The van der Waals surface area contributed by atoms with Gasteiger partial charge in [-0.3, -0.25) is 48.4 Å². The fourth-order valence-corrected chi connectivity index (χ4v) is 21.9. The van der Waals surface area contributed by atoms with E-state index in [1.807, 2.05) is 116 Å². The number of hydrogen-bond acceptors (Lipinski definition) is 15. The molecule has 0 spiro atoms. The number of carbonyl (C=O) groups excluding carboxylic acids is 10. The molecule has 6 aliphatic heterocycles. The molecule has 0 fully saturated rings. The maximum Gasteiger partial charge on any atom is 0.346 e. The van der Waals surface area contributed by atoms with Gasteiger partial charge in [-0.15, -0.1) is 0 Å². The summed E-state index contributed by atoms with van der Waals surface area (Å²) in [7, 11) is 0. The summed E-state index contributed by atoms with van der Waals surface area (Å²) in [6.07, 6.45) is 4.37. The predicted octanol–water partition coefficient (Wildman–Crippen LogP) is 22.4. The molecule has 15 aromatic rings. The third-order valence-corrected chi connectivity index (χ3v) is 26.2. The predicted molar refractivity (Wildman–Crippen MR) is 488 cm³/mol. The Kier molecular flexibility index (Phi) is 19.4.